The zero-order valence-corrected chi connectivity index (χ0v) is 23.9. The molecule has 3 aromatic heterocycles. The van der Waals surface area contributed by atoms with Crippen LogP contribution in [0.15, 0.2) is 58.5 Å². The molecule has 0 aliphatic carbocycles. The first kappa shape index (κ1) is 27.1. The van der Waals surface area contributed by atoms with Crippen LogP contribution in [-0.2, 0) is 16.6 Å². The Kier molecular flexibility index (Phi) is 6.67. The van der Waals surface area contributed by atoms with Crippen molar-refractivity contribution in [1.82, 2.24) is 19.4 Å². The first-order valence-corrected chi connectivity index (χ1v) is 15.1. The van der Waals surface area contributed by atoms with Gasteiger partial charge in [-0.1, -0.05) is 19.9 Å². The lowest BCUT2D eigenvalue weighted by molar-refractivity contribution is 0.226. The average molecular weight is 572 g/mol. The van der Waals surface area contributed by atoms with E-state index in [2.05, 4.69) is 46.4 Å². The molecule has 1 aliphatic heterocycles. The second-order valence-corrected chi connectivity index (χ2v) is 12.8. The Hall–Kier alpha value is -4.07. The molecule has 10 heteroatoms. The molecule has 4 heterocycles. The fraction of sp³-hybridized carbons (Fsp3) is 0.323. The number of rotatable bonds is 5. The van der Waals surface area contributed by atoms with Crippen molar-refractivity contribution in [3.63, 3.8) is 0 Å². The third-order valence-electron chi connectivity index (χ3n) is 8.09. The number of hydrogen-bond acceptors (Lipinski definition) is 6. The highest BCUT2D eigenvalue weighted by molar-refractivity contribution is 7.86. The van der Waals surface area contributed by atoms with Crippen molar-refractivity contribution in [2.24, 2.45) is 5.92 Å². The minimum absolute atomic E-state index is 0.0970. The van der Waals surface area contributed by atoms with Gasteiger partial charge in [-0.2, -0.15) is 13.7 Å². The fourth-order valence-electron chi connectivity index (χ4n) is 6.14. The van der Waals surface area contributed by atoms with E-state index in [1.165, 1.54) is 12.3 Å². The number of nitrogens with zero attached hydrogens (tertiary/aromatic N) is 4. The monoisotopic (exact) mass is 571 g/mol. The Morgan fingerprint density at radius 3 is 2.56 bits per heavy atom. The molecule has 0 saturated carbocycles. The van der Waals surface area contributed by atoms with Gasteiger partial charge in [-0.25, -0.2) is 0 Å². The zero-order chi connectivity index (χ0) is 29.1. The maximum Gasteiger partial charge on any atom is 0.333 e. The molecule has 1 aliphatic rings. The number of pyridine rings is 2. The van der Waals surface area contributed by atoms with Gasteiger partial charge in [0.2, 0.25) is 0 Å². The van der Waals surface area contributed by atoms with Crippen molar-refractivity contribution < 1.29 is 12.3 Å². The standard InChI is InChI=1S/C31H30FN5O3S/c1-18(2)10-20-13-26-28(14-25(20)21-12-23(17-34-16-21)41(32,39)40)37(22-6-8-36(3)9-7-22)31-29(30(26)38)24-5-4-19(15-33)11-27(24)35-31/h4-5,11-14,16-18,22,35H,6-10H2,1-3H3. The molecule has 210 valence electrons. The van der Waals surface area contributed by atoms with Crippen molar-refractivity contribution in [3.05, 3.63) is 70.1 Å². The molecule has 0 radical (unpaired) electrons. The Bertz CT molecular complexity index is 2050. The van der Waals surface area contributed by atoms with Gasteiger partial charge >= 0.3 is 10.2 Å². The predicted molar refractivity (Wildman–Crippen MR) is 158 cm³/mol. The summed E-state index contributed by atoms with van der Waals surface area (Å²) in [5.41, 5.74) is 4.59. The van der Waals surface area contributed by atoms with Crippen molar-refractivity contribution >= 4 is 43.1 Å². The molecule has 0 spiro atoms. The maximum atomic E-state index is 14.2. The SMILES string of the molecule is CC(C)Cc1cc2c(=O)c3c4ccc(C#N)cc4[nH]c3n(C3CCN(C)CC3)c2cc1-c1cncc(S(=O)(=O)F)c1. The highest BCUT2D eigenvalue weighted by Crippen LogP contribution is 2.37. The molecule has 1 N–H and O–H groups in total. The van der Waals surface area contributed by atoms with Crippen LogP contribution < -0.4 is 5.43 Å². The van der Waals surface area contributed by atoms with Crippen molar-refractivity contribution in [3.8, 4) is 17.2 Å². The number of fused-ring (bicyclic) bond motifs is 4. The number of aromatic nitrogens is 3. The van der Waals surface area contributed by atoms with E-state index in [4.69, 9.17) is 0 Å². The Morgan fingerprint density at radius 2 is 1.88 bits per heavy atom. The van der Waals surface area contributed by atoms with E-state index in [0.29, 0.717) is 39.5 Å². The highest BCUT2D eigenvalue weighted by Gasteiger charge is 2.26. The summed E-state index contributed by atoms with van der Waals surface area (Å²) in [5, 5.41) is 11.4. The Morgan fingerprint density at radius 1 is 1.12 bits per heavy atom. The van der Waals surface area contributed by atoms with Crippen LogP contribution in [0.25, 0.3) is 44.0 Å². The number of likely N-dealkylation sites (tertiary alicyclic amines) is 1. The molecule has 0 unspecified atom stereocenters. The Labute approximate surface area is 237 Å². The van der Waals surface area contributed by atoms with E-state index in [1.54, 1.807) is 12.1 Å². The molecular weight excluding hydrogens is 541 g/mol. The van der Waals surface area contributed by atoms with Crippen LogP contribution in [0, 0.1) is 17.2 Å². The summed E-state index contributed by atoms with van der Waals surface area (Å²) in [6.07, 6.45) is 4.91. The Balaban J connectivity index is 1.74. The van der Waals surface area contributed by atoms with E-state index < -0.39 is 15.1 Å². The van der Waals surface area contributed by atoms with Crippen LogP contribution in [0.2, 0.25) is 0 Å². The number of hydrogen-bond donors (Lipinski definition) is 1. The number of H-pyrrole nitrogens is 1. The summed E-state index contributed by atoms with van der Waals surface area (Å²) >= 11 is 0. The molecule has 0 atom stereocenters. The lowest BCUT2D eigenvalue weighted by Crippen LogP contribution is -2.32. The first-order valence-electron chi connectivity index (χ1n) is 13.7. The zero-order valence-electron chi connectivity index (χ0n) is 23.1. The molecule has 0 bridgehead atoms. The summed E-state index contributed by atoms with van der Waals surface area (Å²) in [5.74, 6) is 0.240. The van der Waals surface area contributed by atoms with Gasteiger partial charge in [0.15, 0.2) is 5.43 Å². The van der Waals surface area contributed by atoms with Gasteiger partial charge in [0, 0.05) is 40.3 Å². The smallest absolute Gasteiger partial charge is 0.333 e. The van der Waals surface area contributed by atoms with Crippen LogP contribution >= 0.6 is 0 Å². The van der Waals surface area contributed by atoms with Crippen molar-refractivity contribution in [1.29, 1.82) is 5.26 Å². The van der Waals surface area contributed by atoms with Gasteiger partial charge in [-0.05, 0) is 86.8 Å². The second kappa shape index (κ2) is 10.1. The van der Waals surface area contributed by atoms with Gasteiger partial charge in [-0.3, -0.25) is 9.78 Å². The third kappa shape index (κ3) is 4.79. The third-order valence-corrected chi connectivity index (χ3v) is 8.87. The van der Waals surface area contributed by atoms with E-state index in [0.717, 1.165) is 54.1 Å². The molecule has 6 rings (SSSR count). The van der Waals surface area contributed by atoms with Gasteiger partial charge in [0.1, 0.15) is 10.5 Å². The lowest BCUT2D eigenvalue weighted by Gasteiger charge is -2.32. The van der Waals surface area contributed by atoms with Crippen LogP contribution in [0.3, 0.4) is 0 Å². The minimum Gasteiger partial charge on any atom is -0.340 e. The first-order chi connectivity index (χ1) is 19.5. The van der Waals surface area contributed by atoms with Crippen LogP contribution in [0.1, 0.15) is 43.9 Å². The van der Waals surface area contributed by atoms with Gasteiger partial charge < -0.3 is 14.5 Å². The van der Waals surface area contributed by atoms with Crippen LogP contribution in [0.4, 0.5) is 3.89 Å². The summed E-state index contributed by atoms with van der Waals surface area (Å²) in [6.45, 7) is 5.94. The largest absolute Gasteiger partial charge is 0.340 e. The molecular formula is C31H30FN5O3S. The summed E-state index contributed by atoms with van der Waals surface area (Å²) in [4.78, 5) is 23.5. The van der Waals surface area contributed by atoms with E-state index in [9.17, 15) is 22.4 Å². The van der Waals surface area contributed by atoms with Gasteiger partial charge in [0.25, 0.3) is 0 Å². The van der Waals surface area contributed by atoms with Gasteiger partial charge in [0.05, 0.1) is 22.5 Å². The van der Waals surface area contributed by atoms with E-state index in [1.807, 2.05) is 18.2 Å². The topological polar surface area (TPSA) is 112 Å². The number of nitriles is 1. The van der Waals surface area contributed by atoms with E-state index >= 15 is 0 Å². The number of halogens is 1. The minimum atomic E-state index is -4.95. The van der Waals surface area contributed by atoms with Crippen LogP contribution in [0.5, 0.6) is 0 Å². The number of piperidine rings is 1. The molecule has 8 nitrogen and oxygen atoms in total. The summed E-state index contributed by atoms with van der Waals surface area (Å²) in [7, 11) is -2.85. The second-order valence-electron chi connectivity index (χ2n) is 11.4. The molecule has 2 aromatic carbocycles. The maximum absolute atomic E-state index is 14.2. The normalized spacial score (nSPS) is 15.3. The molecule has 0 amide bonds. The quantitative estimate of drug-likeness (QED) is 0.271. The number of benzene rings is 2. The van der Waals surface area contributed by atoms with Crippen LogP contribution in [-0.4, -0.2) is 48.0 Å². The van der Waals surface area contributed by atoms with Gasteiger partial charge in [-0.15, -0.1) is 3.89 Å². The molecule has 1 fully saturated rings. The van der Waals surface area contributed by atoms with E-state index in [-0.39, 0.29) is 17.4 Å². The average Bonchev–Trinajstić information content (AvgIpc) is 3.32. The summed E-state index contributed by atoms with van der Waals surface area (Å²) in [6, 6.07) is 12.7. The lowest BCUT2D eigenvalue weighted by atomic mass is 9.91. The number of aromatic amines is 1. The van der Waals surface area contributed by atoms with Crippen molar-refractivity contribution in [2.75, 3.05) is 20.1 Å². The number of nitrogens with one attached hydrogen (secondary N) is 1. The summed E-state index contributed by atoms with van der Waals surface area (Å²) < 4.78 is 39.6. The fourth-order valence-corrected chi connectivity index (χ4v) is 6.60. The molecule has 41 heavy (non-hydrogen) atoms. The molecule has 5 aromatic rings. The molecule has 1 saturated heterocycles. The predicted octanol–water partition coefficient (Wildman–Crippen LogP) is 5.69. The van der Waals surface area contributed by atoms with Crippen molar-refractivity contribution in [2.45, 2.75) is 44.0 Å². The highest BCUT2D eigenvalue weighted by atomic mass is 32.3.